The second kappa shape index (κ2) is 11.8. The van der Waals surface area contributed by atoms with Crippen molar-refractivity contribution < 1.29 is 37.0 Å². The van der Waals surface area contributed by atoms with Crippen LogP contribution in [0.3, 0.4) is 0 Å². The molecule has 2 aromatic carbocycles. The number of benzene rings is 2. The largest absolute Gasteiger partial charge is 0.478 e. The zero-order valence-corrected chi connectivity index (χ0v) is 22.8. The molecule has 8 nitrogen and oxygen atoms in total. The molecule has 1 amide bonds. The summed E-state index contributed by atoms with van der Waals surface area (Å²) in [5.41, 5.74) is 0.150. The van der Waals surface area contributed by atoms with Crippen molar-refractivity contribution in [2.75, 3.05) is 62.2 Å². The monoisotopic (exact) mass is 578 g/mol. The summed E-state index contributed by atoms with van der Waals surface area (Å²) in [7, 11) is 0. The minimum absolute atomic E-state index is 0.0725. The van der Waals surface area contributed by atoms with Crippen molar-refractivity contribution in [1.29, 1.82) is 0 Å². The zero-order valence-electron chi connectivity index (χ0n) is 22.8. The average Bonchev–Trinajstić information content (AvgIpc) is 2.97. The number of anilines is 2. The summed E-state index contributed by atoms with van der Waals surface area (Å²) in [5.74, 6) is -2.12. The van der Waals surface area contributed by atoms with E-state index in [9.17, 15) is 32.3 Å². The van der Waals surface area contributed by atoms with E-state index >= 15 is 0 Å². The van der Waals surface area contributed by atoms with Gasteiger partial charge in [0.2, 0.25) is 0 Å². The van der Waals surface area contributed by atoms with E-state index < -0.39 is 29.6 Å². The fraction of sp³-hybridized carbons (Fsp3) is 0.517. The molecule has 2 aromatic rings. The van der Waals surface area contributed by atoms with Crippen molar-refractivity contribution in [2.24, 2.45) is 0 Å². The summed E-state index contributed by atoms with van der Waals surface area (Å²) >= 11 is 0. The normalized spacial score (nSPS) is 24.4. The van der Waals surface area contributed by atoms with Gasteiger partial charge in [0.05, 0.1) is 17.7 Å². The molecule has 12 heteroatoms. The quantitative estimate of drug-likeness (QED) is 0.539. The van der Waals surface area contributed by atoms with E-state index in [2.05, 4.69) is 9.80 Å². The first-order valence-electron chi connectivity index (χ1n) is 13.9. The second-order valence-corrected chi connectivity index (χ2v) is 10.9. The van der Waals surface area contributed by atoms with Crippen LogP contribution in [0.4, 0.5) is 28.9 Å². The van der Waals surface area contributed by atoms with Crippen molar-refractivity contribution in [3.8, 4) is 0 Å². The average molecular weight is 579 g/mol. The van der Waals surface area contributed by atoms with Gasteiger partial charge in [0.1, 0.15) is 11.9 Å². The lowest BCUT2D eigenvalue weighted by atomic mass is 10.00. The fourth-order valence-corrected chi connectivity index (χ4v) is 6.04. The highest BCUT2D eigenvalue weighted by molar-refractivity contribution is 5.89. The van der Waals surface area contributed by atoms with E-state index in [-0.39, 0.29) is 23.6 Å². The topological polar surface area (TPSA) is 76.6 Å². The molecule has 1 N–H and O–H groups in total. The number of carboxylic acids is 1. The van der Waals surface area contributed by atoms with Gasteiger partial charge in [-0.1, -0.05) is 6.07 Å². The van der Waals surface area contributed by atoms with E-state index in [1.165, 1.54) is 18.2 Å². The number of halogens is 4. The van der Waals surface area contributed by atoms with Crippen LogP contribution in [0.2, 0.25) is 0 Å². The van der Waals surface area contributed by atoms with Gasteiger partial charge in [0.25, 0.3) is 5.91 Å². The van der Waals surface area contributed by atoms with Gasteiger partial charge in [-0.25, -0.2) is 9.18 Å². The van der Waals surface area contributed by atoms with Crippen LogP contribution in [0, 0.1) is 5.82 Å². The zero-order chi connectivity index (χ0) is 29.3. The van der Waals surface area contributed by atoms with E-state index in [1.807, 2.05) is 11.8 Å². The van der Waals surface area contributed by atoms with E-state index in [0.717, 1.165) is 31.6 Å². The number of hydrogen-bond acceptors (Lipinski definition) is 6. The van der Waals surface area contributed by atoms with Crippen LogP contribution in [0.15, 0.2) is 42.5 Å². The number of amides is 1. The first-order chi connectivity index (χ1) is 19.5. The Bertz CT molecular complexity index is 1260. The van der Waals surface area contributed by atoms with Gasteiger partial charge in [-0.05, 0) is 56.2 Å². The maximum atomic E-state index is 13.8. The Kier molecular flexibility index (Phi) is 8.42. The Balaban J connectivity index is 1.09. The van der Waals surface area contributed by atoms with Crippen molar-refractivity contribution >= 4 is 23.3 Å². The molecular weight excluding hydrogens is 544 g/mol. The van der Waals surface area contributed by atoms with Crippen LogP contribution >= 0.6 is 0 Å². The van der Waals surface area contributed by atoms with Crippen molar-refractivity contribution in [2.45, 2.75) is 44.1 Å². The van der Waals surface area contributed by atoms with Gasteiger partial charge in [-0.15, -0.1) is 0 Å². The molecule has 0 aromatic heterocycles. The van der Waals surface area contributed by atoms with Gasteiger partial charge < -0.3 is 24.5 Å². The standard InChI is InChI=1S/C29H34F4N4O4/c1-19-17-36(13-14-37(19)22-5-7-25(30)24(16-22)28(39)40)23-6-8-26(41-18-23)27(38)35-11-9-34(10-12-35)21-4-2-3-20(15-21)29(31,32)33/h2-5,7,15-16,19,23,26H,6,8-14,17-18H2,1H3,(H,39,40)/t19?,23?,26-/m1/s1. The molecule has 0 spiro atoms. The smallest absolute Gasteiger partial charge is 0.416 e. The van der Waals surface area contributed by atoms with Gasteiger partial charge >= 0.3 is 12.1 Å². The van der Waals surface area contributed by atoms with E-state index in [4.69, 9.17) is 4.74 Å². The fourth-order valence-electron chi connectivity index (χ4n) is 6.04. The number of hydrogen-bond donors (Lipinski definition) is 1. The molecule has 0 radical (unpaired) electrons. The minimum atomic E-state index is -4.40. The van der Waals surface area contributed by atoms with E-state index in [0.29, 0.717) is 57.1 Å². The molecule has 5 rings (SSSR count). The first-order valence-corrected chi connectivity index (χ1v) is 13.9. The molecule has 3 atom stereocenters. The van der Waals surface area contributed by atoms with Crippen LogP contribution in [0.25, 0.3) is 0 Å². The number of carboxylic acid groups (broad SMARTS) is 1. The molecule has 2 unspecified atom stereocenters. The molecule has 41 heavy (non-hydrogen) atoms. The molecule has 3 aliphatic heterocycles. The summed E-state index contributed by atoms with van der Waals surface area (Å²) < 4.78 is 59.2. The van der Waals surface area contributed by atoms with Crippen LogP contribution in [-0.4, -0.2) is 97.4 Å². The Labute approximate surface area is 236 Å². The van der Waals surface area contributed by atoms with Gasteiger partial charge in [0.15, 0.2) is 0 Å². The highest BCUT2D eigenvalue weighted by Gasteiger charge is 2.36. The lowest BCUT2D eigenvalue weighted by Crippen LogP contribution is -2.58. The number of piperazine rings is 2. The minimum Gasteiger partial charge on any atom is -0.478 e. The van der Waals surface area contributed by atoms with Gasteiger partial charge in [-0.2, -0.15) is 13.2 Å². The number of ether oxygens (including phenoxy) is 1. The third kappa shape index (κ3) is 6.43. The number of rotatable bonds is 5. The maximum Gasteiger partial charge on any atom is 0.416 e. The Morgan fingerprint density at radius 1 is 0.951 bits per heavy atom. The molecular formula is C29H34F4N4O4. The highest BCUT2D eigenvalue weighted by Crippen LogP contribution is 2.32. The molecule has 3 saturated heterocycles. The number of aromatic carboxylic acids is 1. The SMILES string of the molecule is CC1CN(C2CC[C@H](C(=O)N3CCN(c4cccc(C(F)(F)F)c4)CC3)OC2)CCN1c1ccc(F)c(C(=O)O)c1. The second-order valence-electron chi connectivity index (χ2n) is 10.9. The number of carbonyl (C=O) groups excluding carboxylic acids is 1. The Hall–Kier alpha value is -3.38. The molecule has 3 aliphatic rings. The predicted octanol–water partition coefficient (Wildman–Crippen LogP) is 3.95. The van der Waals surface area contributed by atoms with Gasteiger partial charge in [-0.3, -0.25) is 9.69 Å². The van der Waals surface area contributed by atoms with Crippen molar-refractivity contribution in [3.63, 3.8) is 0 Å². The van der Waals surface area contributed by atoms with Crippen molar-refractivity contribution in [1.82, 2.24) is 9.80 Å². The predicted molar refractivity (Wildman–Crippen MR) is 145 cm³/mol. The number of carbonyl (C=O) groups is 2. The molecule has 3 heterocycles. The van der Waals surface area contributed by atoms with Crippen LogP contribution in [0.1, 0.15) is 35.7 Å². The lowest BCUT2D eigenvalue weighted by Gasteiger charge is -2.46. The third-order valence-electron chi connectivity index (χ3n) is 8.34. The molecule has 222 valence electrons. The number of nitrogens with zero attached hydrogens (tertiary/aromatic N) is 4. The summed E-state index contributed by atoms with van der Waals surface area (Å²) in [6.45, 7) is 6.33. The molecule has 0 saturated carbocycles. The molecule has 0 bridgehead atoms. The van der Waals surface area contributed by atoms with Crippen molar-refractivity contribution in [3.05, 3.63) is 59.4 Å². The van der Waals surface area contributed by atoms with Crippen LogP contribution < -0.4 is 9.80 Å². The van der Waals surface area contributed by atoms with E-state index in [1.54, 1.807) is 17.0 Å². The third-order valence-corrected chi connectivity index (χ3v) is 8.34. The maximum absolute atomic E-state index is 13.8. The lowest BCUT2D eigenvalue weighted by molar-refractivity contribution is -0.149. The van der Waals surface area contributed by atoms with Crippen LogP contribution in [0.5, 0.6) is 0 Å². The molecule has 3 fully saturated rings. The van der Waals surface area contributed by atoms with Gasteiger partial charge in [0, 0.05) is 69.3 Å². The number of alkyl halides is 3. The summed E-state index contributed by atoms with van der Waals surface area (Å²) in [4.78, 5) is 32.5. The Morgan fingerprint density at radius 3 is 2.34 bits per heavy atom. The summed E-state index contributed by atoms with van der Waals surface area (Å²) in [5, 5.41) is 9.26. The summed E-state index contributed by atoms with van der Waals surface area (Å²) in [6, 6.07) is 9.67. The Morgan fingerprint density at radius 2 is 1.71 bits per heavy atom. The first kappa shape index (κ1) is 29.1. The molecule has 0 aliphatic carbocycles. The van der Waals surface area contributed by atoms with Crippen LogP contribution in [-0.2, 0) is 15.7 Å². The highest BCUT2D eigenvalue weighted by atomic mass is 19.4. The summed E-state index contributed by atoms with van der Waals surface area (Å²) in [6.07, 6.45) is -3.54.